The first-order valence-corrected chi connectivity index (χ1v) is 8.29. The van der Waals surface area contributed by atoms with Crippen LogP contribution in [0, 0.1) is 0 Å². The molecule has 0 spiro atoms. The molecule has 2 aromatic rings. The molecule has 8 heteroatoms. The number of rotatable bonds is 6. The van der Waals surface area contributed by atoms with E-state index in [2.05, 4.69) is 20.5 Å². The Bertz CT molecular complexity index is 722. The molecule has 0 aliphatic carbocycles. The monoisotopic (exact) mass is 369 g/mol. The number of nitrogens with two attached hydrogens (primary N) is 1. The van der Waals surface area contributed by atoms with Crippen molar-refractivity contribution in [3.05, 3.63) is 28.2 Å². The molecule has 0 amide bonds. The van der Waals surface area contributed by atoms with Crippen molar-refractivity contribution in [2.45, 2.75) is 39.3 Å². The number of halogens is 2. The molecule has 3 N–H and O–H groups in total. The molecule has 130 valence electrons. The third-order valence-corrected chi connectivity index (χ3v) is 3.97. The molecule has 0 unspecified atom stereocenters. The Kier molecular flexibility index (Phi) is 5.85. The van der Waals surface area contributed by atoms with E-state index in [4.69, 9.17) is 33.7 Å². The third kappa shape index (κ3) is 4.69. The number of ether oxygens (including phenoxy) is 1. The Morgan fingerprint density at radius 1 is 1.25 bits per heavy atom. The van der Waals surface area contributed by atoms with Crippen molar-refractivity contribution in [1.29, 1.82) is 0 Å². The average Bonchev–Trinajstić information content (AvgIpc) is 2.49. The summed E-state index contributed by atoms with van der Waals surface area (Å²) in [5.74, 6) is 0.545. The molecule has 0 saturated carbocycles. The lowest BCUT2D eigenvalue weighted by molar-refractivity contribution is 0.0545. The summed E-state index contributed by atoms with van der Waals surface area (Å²) in [5.41, 5.74) is 6.65. The van der Waals surface area contributed by atoms with E-state index in [0.717, 1.165) is 0 Å². The first kappa shape index (κ1) is 18.7. The highest BCUT2D eigenvalue weighted by molar-refractivity contribution is 6.43. The van der Waals surface area contributed by atoms with Crippen molar-refractivity contribution in [1.82, 2.24) is 15.2 Å². The first-order valence-electron chi connectivity index (χ1n) is 7.54. The van der Waals surface area contributed by atoms with E-state index < -0.39 is 0 Å². The van der Waals surface area contributed by atoms with Gasteiger partial charge in [-0.3, -0.25) is 0 Å². The van der Waals surface area contributed by atoms with Gasteiger partial charge in [0.15, 0.2) is 5.82 Å². The predicted molar refractivity (Wildman–Crippen MR) is 98.5 cm³/mol. The number of hydrogen-bond acceptors (Lipinski definition) is 6. The Hall–Kier alpha value is -1.63. The minimum absolute atomic E-state index is 0.141. The summed E-state index contributed by atoms with van der Waals surface area (Å²) in [6, 6.07) is 5.23. The number of aromatic nitrogens is 3. The smallest absolute Gasteiger partial charge is 0.245 e. The minimum atomic E-state index is -0.367. The van der Waals surface area contributed by atoms with Crippen LogP contribution < -0.4 is 11.1 Å². The Balaban J connectivity index is 2.22. The largest absolute Gasteiger partial charge is 0.382 e. The van der Waals surface area contributed by atoms with Crippen LogP contribution in [0.1, 0.15) is 27.7 Å². The number of nitrogens with zero attached hydrogens (tertiary/aromatic N) is 3. The molecule has 0 atom stereocenters. The van der Waals surface area contributed by atoms with Crippen LogP contribution in [-0.2, 0) is 4.74 Å². The summed E-state index contributed by atoms with van der Waals surface area (Å²) >= 11 is 12.2. The maximum atomic E-state index is 6.20. The maximum Gasteiger partial charge on any atom is 0.245 e. The molecule has 0 saturated heterocycles. The van der Waals surface area contributed by atoms with Gasteiger partial charge in [-0.1, -0.05) is 35.3 Å². The lowest BCUT2D eigenvalue weighted by Crippen LogP contribution is -2.38. The van der Waals surface area contributed by atoms with Gasteiger partial charge >= 0.3 is 0 Å². The zero-order valence-corrected chi connectivity index (χ0v) is 15.6. The second-order valence-electron chi connectivity index (χ2n) is 6.34. The van der Waals surface area contributed by atoms with Gasteiger partial charge in [0.25, 0.3) is 0 Å². The van der Waals surface area contributed by atoms with E-state index in [-0.39, 0.29) is 17.5 Å². The summed E-state index contributed by atoms with van der Waals surface area (Å²) < 4.78 is 5.63. The number of anilines is 2. The van der Waals surface area contributed by atoms with Gasteiger partial charge in [0.05, 0.1) is 28.3 Å². The average molecular weight is 370 g/mol. The first-order chi connectivity index (χ1) is 11.2. The summed E-state index contributed by atoms with van der Waals surface area (Å²) in [7, 11) is 0. The second-order valence-corrected chi connectivity index (χ2v) is 7.12. The molecule has 0 aliphatic rings. The molecule has 0 fully saturated rings. The maximum absolute atomic E-state index is 6.20. The summed E-state index contributed by atoms with van der Waals surface area (Å²) in [6.07, 6.45) is 0.141. The molecule has 2 rings (SSSR count). The fourth-order valence-corrected chi connectivity index (χ4v) is 2.37. The lowest BCUT2D eigenvalue weighted by Gasteiger charge is -2.27. The standard InChI is InChI=1S/C16H21Cl2N5O/c1-9(2)24-8-16(3,4)21-15-20-14(19)13(22-23-15)10-6-5-7-11(17)12(10)18/h5-7,9H,8H2,1-4H3,(H3,19,20,21,23). The van der Waals surface area contributed by atoms with Crippen LogP contribution in [0.5, 0.6) is 0 Å². The lowest BCUT2D eigenvalue weighted by atomic mass is 10.1. The molecule has 0 bridgehead atoms. The van der Waals surface area contributed by atoms with Crippen LogP contribution in [0.25, 0.3) is 11.3 Å². The Labute approximate surface area is 151 Å². The zero-order valence-electron chi connectivity index (χ0n) is 14.1. The van der Waals surface area contributed by atoms with Crippen LogP contribution in [-0.4, -0.2) is 33.4 Å². The van der Waals surface area contributed by atoms with E-state index in [0.29, 0.717) is 33.9 Å². The van der Waals surface area contributed by atoms with Crippen LogP contribution in [0.4, 0.5) is 11.8 Å². The zero-order chi connectivity index (χ0) is 17.9. The Morgan fingerprint density at radius 2 is 1.96 bits per heavy atom. The van der Waals surface area contributed by atoms with Gasteiger partial charge < -0.3 is 15.8 Å². The summed E-state index contributed by atoms with van der Waals surface area (Å²) in [6.45, 7) is 8.43. The molecule has 24 heavy (non-hydrogen) atoms. The van der Waals surface area contributed by atoms with Crippen LogP contribution in [0.3, 0.4) is 0 Å². The molecule has 1 heterocycles. The van der Waals surface area contributed by atoms with Gasteiger partial charge in [0.1, 0.15) is 5.69 Å². The second kappa shape index (κ2) is 7.51. The van der Waals surface area contributed by atoms with E-state index in [1.165, 1.54) is 0 Å². The molecule has 0 radical (unpaired) electrons. The van der Waals surface area contributed by atoms with Crippen molar-refractivity contribution in [2.75, 3.05) is 17.7 Å². The highest BCUT2D eigenvalue weighted by Gasteiger charge is 2.21. The van der Waals surface area contributed by atoms with Crippen molar-refractivity contribution < 1.29 is 4.74 Å². The fraction of sp³-hybridized carbons (Fsp3) is 0.438. The van der Waals surface area contributed by atoms with Gasteiger partial charge in [-0.25, -0.2) is 0 Å². The predicted octanol–water partition coefficient (Wildman–Crippen LogP) is 4.04. The van der Waals surface area contributed by atoms with Gasteiger partial charge in [-0.15, -0.1) is 10.2 Å². The van der Waals surface area contributed by atoms with E-state index in [1.54, 1.807) is 18.2 Å². The van der Waals surface area contributed by atoms with E-state index >= 15 is 0 Å². The van der Waals surface area contributed by atoms with Crippen LogP contribution in [0.2, 0.25) is 10.0 Å². The van der Waals surface area contributed by atoms with Crippen LogP contribution >= 0.6 is 23.2 Å². The summed E-state index contributed by atoms with van der Waals surface area (Å²) in [4.78, 5) is 4.27. The van der Waals surface area contributed by atoms with E-state index in [9.17, 15) is 0 Å². The van der Waals surface area contributed by atoms with Gasteiger partial charge in [-0.05, 0) is 33.8 Å². The molecule has 1 aromatic heterocycles. The quantitative estimate of drug-likeness (QED) is 0.798. The number of nitrogen functional groups attached to an aromatic ring is 1. The molecule has 0 aliphatic heterocycles. The SMILES string of the molecule is CC(C)OCC(C)(C)Nc1nnc(-c2cccc(Cl)c2Cl)c(N)n1. The van der Waals surface area contributed by atoms with Crippen molar-refractivity contribution >= 4 is 35.0 Å². The Morgan fingerprint density at radius 3 is 2.58 bits per heavy atom. The molecular formula is C16H21Cl2N5O. The molecule has 1 aromatic carbocycles. The van der Waals surface area contributed by atoms with Crippen molar-refractivity contribution in [3.63, 3.8) is 0 Å². The summed E-state index contributed by atoms with van der Waals surface area (Å²) in [5, 5.41) is 12.2. The van der Waals surface area contributed by atoms with Gasteiger partial charge in [0, 0.05) is 5.56 Å². The molecular weight excluding hydrogens is 349 g/mol. The van der Waals surface area contributed by atoms with Crippen molar-refractivity contribution in [2.24, 2.45) is 0 Å². The number of hydrogen-bond donors (Lipinski definition) is 2. The minimum Gasteiger partial charge on any atom is -0.382 e. The third-order valence-electron chi connectivity index (χ3n) is 3.15. The topological polar surface area (TPSA) is 86.0 Å². The highest BCUT2D eigenvalue weighted by Crippen LogP contribution is 2.34. The molecule has 6 nitrogen and oxygen atoms in total. The number of benzene rings is 1. The van der Waals surface area contributed by atoms with Gasteiger partial charge in [0.2, 0.25) is 5.95 Å². The fourth-order valence-electron chi connectivity index (χ4n) is 1.98. The van der Waals surface area contributed by atoms with Gasteiger partial charge in [-0.2, -0.15) is 4.98 Å². The highest BCUT2D eigenvalue weighted by atomic mass is 35.5. The van der Waals surface area contributed by atoms with E-state index in [1.807, 2.05) is 27.7 Å². The van der Waals surface area contributed by atoms with Crippen LogP contribution in [0.15, 0.2) is 18.2 Å². The number of nitrogens with one attached hydrogen (secondary N) is 1. The van der Waals surface area contributed by atoms with Crippen molar-refractivity contribution in [3.8, 4) is 11.3 Å². The normalized spacial score (nSPS) is 11.8.